The predicted molar refractivity (Wildman–Crippen MR) is 133 cm³/mol. The Morgan fingerprint density at radius 2 is 1.64 bits per heavy atom. The molecule has 33 heavy (non-hydrogen) atoms. The first-order valence-electron chi connectivity index (χ1n) is 10.5. The zero-order valence-corrected chi connectivity index (χ0v) is 20.3. The molecule has 0 bridgehead atoms. The van der Waals surface area contributed by atoms with E-state index in [9.17, 15) is 8.42 Å². The highest BCUT2D eigenvalue weighted by atomic mass is 35.5. The van der Waals surface area contributed by atoms with Gasteiger partial charge < -0.3 is 4.90 Å². The second-order valence-electron chi connectivity index (χ2n) is 8.06. The number of hydrogen-bond acceptors (Lipinski definition) is 3. The Hall–Kier alpha value is -3.16. The summed E-state index contributed by atoms with van der Waals surface area (Å²) in [4.78, 5) is 1.86. The molecule has 0 radical (unpaired) electrons. The van der Waals surface area contributed by atoms with Crippen molar-refractivity contribution in [1.29, 1.82) is 0 Å². The van der Waals surface area contributed by atoms with Gasteiger partial charge in [0.25, 0.3) is 10.0 Å². The summed E-state index contributed by atoms with van der Waals surface area (Å²) < 4.78 is 30.5. The van der Waals surface area contributed by atoms with E-state index in [1.807, 2.05) is 42.5 Å². The van der Waals surface area contributed by atoms with Crippen LogP contribution in [0, 0.1) is 6.92 Å². The molecule has 1 heterocycles. The molecule has 1 aliphatic heterocycles. The molecule has 170 valence electrons. The van der Waals surface area contributed by atoms with E-state index < -0.39 is 10.0 Å². The molecule has 0 saturated heterocycles. The van der Waals surface area contributed by atoms with Gasteiger partial charge in [0, 0.05) is 25.0 Å². The summed E-state index contributed by atoms with van der Waals surface area (Å²) in [5.41, 5.74) is 3.50. The van der Waals surface area contributed by atoms with Crippen LogP contribution in [0.2, 0.25) is 5.02 Å². The third-order valence-corrected chi connectivity index (χ3v) is 7.13. The smallest absolute Gasteiger partial charge is 0.285 e. The Labute approximate surface area is 199 Å². The largest absolute Gasteiger partial charge is 0.347 e. The second kappa shape index (κ2) is 9.37. The third kappa shape index (κ3) is 4.94. The fourth-order valence-electron chi connectivity index (χ4n) is 3.82. The molecule has 4 rings (SSSR count). The lowest BCUT2D eigenvalue weighted by molar-refractivity contribution is 0.404. The number of rotatable bonds is 4. The average molecular weight is 481 g/mol. The van der Waals surface area contributed by atoms with Gasteiger partial charge in [0.15, 0.2) is 0 Å². The molecular weight excluding hydrogens is 456 g/mol. The first kappa shape index (κ1) is 23.0. The molecule has 0 amide bonds. The number of hydrogen-bond donors (Lipinski definition) is 0. The fraction of sp³-hybridized carbons (Fsp3) is 0.200. The van der Waals surface area contributed by atoms with E-state index >= 15 is 0 Å². The SMILES string of the molecule is Cc1ccccc1S(=O)(=O)/N=C(\N(C)C)N1CC(c2ccccc2)C(c2ccc(Cl)cc2)=N1. The van der Waals surface area contributed by atoms with Gasteiger partial charge in [0.1, 0.15) is 0 Å². The maximum absolute atomic E-state index is 13.2. The Morgan fingerprint density at radius 1 is 1.00 bits per heavy atom. The topological polar surface area (TPSA) is 65.3 Å². The number of hydrazone groups is 1. The highest BCUT2D eigenvalue weighted by molar-refractivity contribution is 7.90. The summed E-state index contributed by atoms with van der Waals surface area (Å²) in [7, 11) is -0.398. The van der Waals surface area contributed by atoms with Gasteiger partial charge >= 0.3 is 0 Å². The van der Waals surface area contributed by atoms with Crippen LogP contribution in [-0.4, -0.2) is 50.6 Å². The standard InChI is InChI=1S/C25H25ClN4O2S/c1-18-9-7-8-12-23(18)33(31,32)28-25(29(2)3)30-17-22(19-10-5-4-6-11-19)24(27-30)20-13-15-21(26)16-14-20/h4-16,22H,17H2,1-3H3/b28-25+. The van der Waals surface area contributed by atoms with Gasteiger partial charge in [-0.2, -0.15) is 13.5 Å². The Bertz CT molecular complexity index is 1300. The molecule has 0 N–H and O–H groups in total. The summed E-state index contributed by atoms with van der Waals surface area (Å²) in [6.45, 7) is 2.22. The van der Waals surface area contributed by atoms with Crippen LogP contribution in [0.5, 0.6) is 0 Å². The van der Waals surface area contributed by atoms with Gasteiger partial charge in [0.2, 0.25) is 5.96 Å². The minimum atomic E-state index is -3.92. The minimum absolute atomic E-state index is 0.0568. The van der Waals surface area contributed by atoms with Crippen LogP contribution in [0.3, 0.4) is 0 Å². The van der Waals surface area contributed by atoms with Gasteiger partial charge in [-0.05, 0) is 41.8 Å². The van der Waals surface area contributed by atoms with E-state index in [0.717, 1.165) is 16.8 Å². The zero-order valence-electron chi connectivity index (χ0n) is 18.7. The van der Waals surface area contributed by atoms with Crippen molar-refractivity contribution in [1.82, 2.24) is 9.91 Å². The van der Waals surface area contributed by atoms with Crippen LogP contribution in [0.4, 0.5) is 0 Å². The highest BCUT2D eigenvalue weighted by Crippen LogP contribution is 2.30. The molecule has 8 heteroatoms. The molecule has 3 aromatic rings. The first-order chi connectivity index (χ1) is 15.8. The van der Waals surface area contributed by atoms with Crippen LogP contribution < -0.4 is 0 Å². The Morgan fingerprint density at radius 3 is 2.27 bits per heavy atom. The summed E-state index contributed by atoms with van der Waals surface area (Å²) in [6, 6.07) is 24.4. The van der Waals surface area contributed by atoms with E-state index in [4.69, 9.17) is 16.7 Å². The lowest BCUT2D eigenvalue weighted by atomic mass is 9.91. The molecule has 0 aliphatic carbocycles. The van der Waals surface area contributed by atoms with Crippen molar-refractivity contribution >= 4 is 33.3 Å². The Balaban J connectivity index is 1.79. The van der Waals surface area contributed by atoms with E-state index in [2.05, 4.69) is 16.5 Å². The van der Waals surface area contributed by atoms with Crippen molar-refractivity contribution in [2.75, 3.05) is 20.6 Å². The molecule has 0 aromatic heterocycles. The molecule has 6 nitrogen and oxygen atoms in total. The number of halogens is 1. The quantitative estimate of drug-likeness (QED) is 0.399. The number of guanidine groups is 1. The van der Waals surface area contributed by atoms with Crippen molar-refractivity contribution in [2.24, 2.45) is 9.50 Å². The monoisotopic (exact) mass is 480 g/mol. The van der Waals surface area contributed by atoms with Crippen molar-refractivity contribution in [2.45, 2.75) is 17.7 Å². The van der Waals surface area contributed by atoms with Crippen LogP contribution in [0.25, 0.3) is 0 Å². The molecule has 1 unspecified atom stereocenters. The number of aryl methyl sites for hydroxylation is 1. The van der Waals surface area contributed by atoms with Gasteiger partial charge in [0.05, 0.1) is 17.2 Å². The molecular formula is C25H25ClN4O2S. The zero-order chi connectivity index (χ0) is 23.6. The normalized spacial score (nSPS) is 16.6. The minimum Gasteiger partial charge on any atom is -0.347 e. The maximum atomic E-state index is 13.2. The summed E-state index contributed by atoms with van der Waals surface area (Å²) in [6.07, 6.45) is 0. The van der Waals surface area contributed by atoms with E-state index in [-0.39, 0.29) is 16.8 Å². The Kier molecular flexibility index (Phi) is 6.54. The highest BCUT2D eigenvalue weighted by Gasteiger charge is 2.33. The molecule has 1 atom stereocenters. The van der Waals surface area contributed by atoms with Crippen LogP contribution in [0.15, 0.2) is 93.3 Å². The molecule has 3 aromatic carbocycles. The molecule has 0 fully saturated rings. The second-order valence-corrected chi connectivity index (χ2v) is 10.1. The van der Waals surface area contributed by atoms with Crippen LogP contribution >= 0.6 is 11.6 Å². The van der Waals surface area contributed by atoms with Crippen molar-refractivity contribution in [3.05, 3.63) is 101 Å². The number of benzene rings is 3. The van der Waals surface area contributed by atoms with E-state index in [1.54, 1.807) is 55.2 Å². The number of sulfonamides is 1. The van der Waals surface area contributed by atoms with Gasteiger partial charge in [-0.1, -0.05) is 72.3 Å². The van der Waals surface area contributed by atoms with Crippen LogP contribution in [0.1, 0.15) is 22.6 Å². The average Bonchev–Trinajstić information content (AvgIpc) is 3.24. The van der Waals surface area contributed by atoms with E-state index in [1.165, 1.54) is 0 Å². The lowest BCUT2D eigenvalue weighted by Gasteiger charge is -2.23. The maximum Gasteiger partial charge on any atom is 0.285 e. The van der Waals surface area contributed by atoms with E-state index in [0.29, 0.717) is 17.1 Å². The van der Waals surface area contributed by atoms with Crippen molar-refractivity contribution in [3.8, 4) is 0 Å². The molecule has 0 saturated carbocycles. The predicted octanol–water partition coefficient (Wildman–Crippen LogP) is 4.76. The van der Waals surface area contributed by atoms with Crippen LogP contribution in [-0.2, 0) is 10.0 Å². The fourth-order valence-corrected chi connectivity index (χ4v) is 5.24. The van der Waals surface area contributed by atoms with Gasteiger partial charge in [-0.3, -0.25) is 0 Å². The van der Waals surface area contributed by atoms with Crippen molar-refractivity contribution < 1.29 is 8.42 Å². The van der Waals surface area contributed by atoms with Gasteiger partial charge in [-0.15, -0.1) is 4.40 Å². The van der Waals surface area contributed by atoms with Gasteiger partial charge in [-0.25, -0.2) is 5.01 Å². The molecule has 0 spiro atoms. The summed E-state index contributed by atoms with van der Waals surface area (Å²) in [5, 5.41) is 7.15. The lowest BCUT2D eigenvalue weighted by Crippen LogP contribution is -2.37. The van der Waals surface area contributed by atoms with Crippen molar-refractivity contribution in [3.63, 3.8) is 0 Å². The first-order valence-corrected chi connectivity index (χ1v) is 12.3. The summed E-state index contributed by atoms with van der Waals surface area (Å²) in [5.74, 6) is 0.196. The number of nitrogens with zero attached hydrogens (tertiary/aromatic N) is 4. The third-order valence-electron chi connectivity index (χ3n) is 5.46. The summed E-state index contributed by atoms with van der Waals surface area (Å²) >= 11 is 6.09. The molecule has 1 aliphatic rings.